The van der Waals surface area contributed by atoms with E-state index in [-0.39, 0.29) is 12.0 Å². The van der Waals surface area contributed by atoms with Crippen LogP contribution in [0.1, 0.15) is 5.56 Å². The van der Waals surface area contributed by atoms with Gasteiger partial charge in [-0.2, -0.15) is 0 Å². The van der Waals surface area contributed by atoms with Gasteiger partial charge in [0.25, 0.3) is 0 Å². The van der Waals surface area contributed by atoms with Crippen LogP contribution >= 0.6 is 0 Å². The molecule has 0 bridgehead atoms. The molecule has 0 fully saturated rings. The molecular weight excluding hydrogens is 243 g/mol. The summed E-state index contributed by atoms with van der Waals surface area (Å²) in [7, 11) is 2.48. The number of carboxylic acids is 1. The Morgan fingerprint density at radius 3 is 2.50 bits per heavy atom. The monoisotopic (exact) mass is 256 g/mol. The van der Waals surface area contributed by atoms with Crippen LogP contribution in [0.15, 0.2) is 18.2 Å². The zero-order chi connectivity index (χ0) is 13.7. The van der Waals surface area contributed by atoms with Crippen molar-refractivity contribution in [2.24, 2.45) is 5.92 Å². The van der Waals surface area contributed by atoms with Gasteiger partial charge >= 0.3 is 11.9 Å². The van der Waals surface area contributed by atoms with Crippen molar-refractivity contribution in [1.29, 1.82) is 0 Å². The Morgan fingerprint density at radius 2 is 2.06 bits per heavy atom. The molecule has 6 heteroatoms. The second-order valence-corrected chi connectivity index (χ2v) is 3.58. The van der Waals surface area contributed by atoms with E-state index in [1.807, 2.05) is 0 Å². The van der Waals surface area contributed by atoms with Gasteiger partial charge in [0.05, 0.1) is 14.2 Å². The first kappa shape index (κ1) is 14.0. The third-order valence-corrected chi connectivity index (χ3v) is 2.47. The molecule has 5 nitrogen and oxygen atoms in total. The molecule has 98 valence electrons. The molecule has 0 aliphatic carbocycles. The number of hydrogen-bond donors (Lipinski definition) is 1. The van der Waals surface area contributed by atoms with E-state index >= 15 is 0 Å². The minimum absolute atomic E-state index is 0.119. The minimum atomic E-state index is -1.42. The maximum absolute atomic E-state index is 13.6. The summed E-state index contributed by atoms with van der Waals surface area (Å²) in [6.07, 6.45) is -0.266. The van der Waals surface area contributed by atoms with Crippen LogP contribution in [0.25, 0.3) is 0 Å². The average Bonchev–Trinajstić information content (AvgIpc) is 2.35. The number of halogens is 1. The fourth-order valence-corrected chi connectivity index (χ4v) is 1.45. The number of hydrogen-bond acceptors (Lipinski definition) is 4. The number of esters is 1. The molecule has 0 aliphatic rings. The van der Waals surface area contributed by atoms with Gasteiger partial charge < -0.3 is 14.6 Å². The molecule has 0 saturated heterocycles. The van der Waals surface area contributed by atoms with Crippen LogP contribution in [0.5, 0.6) is 5.75 Å². The number of ether oxygens (including phenoxy) is 2. The first-order chi connectivity index (χ1) is 8.49. The van der Waals surface area contributed by atoms with E-state index in [0.717, 1.165) is 13.2 Å². The van der Waals surface area contributed by atoms with Crippen LogP contribution in [0, 0.1) is 11.7 Å². The van der Waals surface area contributed by atoms with Crippen molar-refractivity contribution in [1.82, 2.24) is 0 Å². The first-order valence-corrected chi connectivity index (χ1v) is 5.12. The average molecular weight is 256 g/mol. The lowest BCUT2D eigenvalue weighted by Gasteiger charge is -2.11. The number of carbonyl (C=O) groups is 2. The third-order valence-electron chi connectivity index (χ3n) is 2.47. The van der Waals surface area contributed by atoms with E-state index in [9.17, 15) is 14.0 Å². The van der Waals surface area contributed by atoms with Crippen LogP contribution in [0.2, 0.25) is 0 Å². The maximum Gasteiger partial charge on any atom is 0.320 e. The Hall–Kier alpha value is -2.11. The Balaban J connectivity index is 2.94. The third kappa shape index (κ3) is 3.19. The Labute approximate surface area is 103 Å². The highest BCUT2D eigenvalue weighted by atomic mass is 19.1. The van der Waals surface area contributed by atoms with Gasteiger partial charge in [0.2, 0.25) is 0 Å². The normalized spacial score (nSPS) is 11.7. The van der Waals surface area contributed by atoms with Crippen LogP contribution in [-0.4, -0.2) is 31.3 Å². The van der Waals surface area contributed by atoms with Crippen molar-refractivity contribution in [2.45, 2.75) is 6.42 Å². The second kappa shape index (κ2) is 6.00. The van der Waals surface area contributed by atoms with Gasteiger partial charge in [-0.15, -0.1) is 0 Å². The summed E-state index contributed by atoms with van der Waals surface area (Å²) in [6.45, 7) is 0. The van der Waals surface area contributed by atoms with Gasteiger partial charge in [0.1, 0.15) is 11.6 Å². The lowest BCUT2D eigenvalue weighted by molar-refractivity contribution is -0.156. The van der Waals surface area contributed by atoms with E-state index in [1.54, 1.807) is 0 Å². The van der Waals surface area contributed by atoms with Crippen LogP contribution in [-0.2, 0) is 20.7 Å². The highest BCUT2D eigenvalue weighted by Crippen LogP contribution is 2.19. The van der Waals surface area contributed by atoms with Gasteiger partial charge in [0.15, 0.2) is 5.92 Å². The van der Waals surface area contributed by atoms with Gasteiger partial charge in [0, 0.05) is 6.07 Å². The van der Waals surface area contributed by atoms with Crippen molar-refractivity contribution in [3.05, 3.63) is 29.6 Å². The molecule has 0 heterocycles. The molecule has 1 aromatic carbocycles. The lowest BCUT2D eigenvalue weighted by Crippen LogP contribution is -2.27. The molecule has 18 heavy (non-hydrogen) atoms. The number of methoxy groups -OCH3 is 2. The summed E-state index contributed by atoms with van der Waals surface area (Å²) in [5, 5.41) is 8.88. The quantitative estimate of drug-likeness (QED) is 0.634. The summed E-state index contributed by atoms with van der Waals surface area (Å²) in [5.41, 5.74) is 0.119. The van der Waals surface area contributed by atoms with Crippen molar-refractivity contribution in [3.63, 3.8) is 0 Å². The number of carbonyl (C=O) groups excluding carboxylic acids is 1. The highest BCUT2D eigenvalue weighted by Gasteiger charge is 2.28. The maximum atomic E-state index is 13.6. The molecule has 0 saturated carbocycles. The Bertz CT molecular complexity index is 458. The summed E-state index contributed by atoms with van der Waals surface area (Å²) in [6, 6.07) is 4.01. The Kier molecular flexibility index (Phi) is 4.65. The molecular formula is C12H13FO5. The lowest BCUT2D eigenvalue weighted by atomic mass is 9.99. The largest absolute Gasteiger partial charge is 0.497 e. The molecule has 0 aromatic heterocycles. The summed E-state index contributed by atoms with van der Waals surface area (Å²) in [4.78, 5) is 22.1. The molecule has 1 rings (SSSR count). The molecule has 0 radical (unpaired) electrons. The molecule has 0 spiro atoms. The predicted molar refractivity (Wildman–Crippen MR) is 59.8 cm³/mol. The number of aliphatic carboxylic acids is 1. The van der Waals surface area contributed by atoms with E-state index in [0.29, 0.717) is 5.75 Å². The van der Waals surface area contributed by atoms with Crippen molar-refractivity contribution >= 4 is 11.9 Å². The number of benzene rings is 1. The molecule has 1 unspecified atom stereocenters. The summed E-state index contributed by atoms with van der Waals surface area (Å²) < 4.78 is 22.8. The summed E-state index contributed by atoms with van der Waals surface area (Å²) >= 11 is 0. The van der Waals surface area contributed by atoms with Crippen LogP contribution in [0.3, 0.4) is 0 Å². The fourth-order valence-electron chi connectivity index (χ4n) is 1.45. The zero-order valence-corrected chi connectivity index (χ0v) is 9.97. The number of carboxylic acid groups (broad SMARTS) is 1. The van der Waals surface area contributed by atoms with E-state index in [1.165, 1.54) is 19.2 Å². The summed E-state index contributed by atoms with van der Waals surface area (Å²) in [5.74, 6) is -3.97. The van der Waals surface area contributed by atoms with E-state index in [4.69, 9.17) is 9.84 Å². The smallest absolute Gasteiger partial charge is 0.320 e. The second-order valence-electron chi connectivity index (χ2n) is 3.58. The van der Waals surface area contributed by atoms with Gasteiger partial charge in [-0.25, -0.2) is 4.39 Å². The standard InChI is InChI=1S/C12H13FO5/c1-17-8-4-3-7(10(13)6-8)5-9(11(14)15)12(16)18-2/h3-4,6,9H,5H2,1-2H3,(H,14,15). The molecule has 1 N–H and O–H groups in total. The van der Waals surface area contributed by atoms with E-state index in [2.05, 4.69) is 4.74 Å². The Morgan fingerprint density at radius 1 is 1.39 bits per heavy atom. The number of rotatable bonds is 5. The van der Waals surface area contributed by atoms with Crippen molar-refractivity contribution in [3.8, 4) is 5.75 Å². The molecule has 0 amide bonds. The van der Waals surface area contributed by atoms with Gasteiger partial charge in [-0.3, -0.25) is 9.59 Å². The zero-order valence-electron chi connectivity index (χ0n) is 9.97. The fraction of sp³-hybridized carbons (Fsp3) is 0.333. The van der Waals surface area contributed by atoms with Gasteiger partial charge in [-0.1, -0.05) is 6.07 Å². The van der Waals surface area contributed by atoms with Gasteiger partial charge in [-0.05, 0) is 18.1 Å². The minimum Gasteiger partial charge on any atom is -0.497 e. The van der Waals surface area contributed by atoms with Crippen molar-refractivity contribution < 1.29 is 28.6 Å². The van der Waals surface area contributed by atoms with Crippen LogP contribution < -0.4 is 4.74 Å². The highest BCUT2D eigenvalue weighted by molar-refractivity contribution is 5.94. The first-order valence-electron chi connectivity index (χ1n) is 5.12. The molecule has 1 atom stereocenters. The topological polar surface area (TPSA) is 72.8 Å². The predicted octanol–water partition coefficient (Wildman–Crippen LogP) is 1.25. The molecule has 0 aliphatic heterocycles. The van der Waals surface area contributed by atoms with Crippen LogP contribution in [0.4, 0.5) is 4.39 Å². The van der Waals surface area contributed by atoms with E-state index < -0.39 is 23.7 Å². The molecule has 1 aromatic rings. The van der Waals surface area contributed by atoms with Crippen molar-refractivity contribution in [2.75, 3.05) is 14.2 Å². The SMILES string of the molecule is COC(=O)C(Cc1ccc(OC)cc1F)C(=O)O.